The first-order valence-corrected chi connectivity index (χ1v) is 7.11. The van der Waals surface area contributed by atoms with E-state index in [1.165, 1.54) is 0 Å². The third-order valence-corrected chi connectivity index (χ3v) is 3.98. The Morgan fingerprint density at radius 1 is 1.28 bits per heavy atom. The standard InChI is InChI=1S/C13H18N2OS.ClH/c14-11-3-1-10(2-4-11)9-13(16)15-12-5-7-17-8-6-12;/h1-4,12H,5-9,14H2,(H,15,16);1H. The van der Waals surface area contributed by atoms with Crippen LogP contribution >= 0.6 is 24.2 Å². The Kier molecular flexibility index (Phi) is 6.36. The summed E-state index contributed by atoms with van der Waals surface area (Å²) in [6, 6.07) is 7.86. The highest BCUT2D eigenvalue weighted by atomic mass is 35.5. The normalized spacial score (nSPS) is 15.8. The third-order valence-electron chi connectivity index (χ3n) is 2.93. The lowest BCUT2D eigenvalue weighted by Gasteiger charge is -2.22. The largest absolute Gasteiger partial charge is 0.399 e. The van der Waals surface area contributed by atoms with E-state index < -0.39 is 0 Å². The molecule has 1 amide bonds. The maximum atomic E-state index is 11.8. The Morgan fingerprint density at radius 2 is 1.89 bits per heavy atom. The molecule has 1 aliphatic rings. The van der Waals surface area contributed by atoms with Gasteiger partial charge in [0.05, 0.1) is 6.42 Å². The van der Waals surface area contributed by atoms with E-state index in [1.807, 2.05) is 36.0 Å². The van der Waals surface area contributed by atoms with Crippen molar-refractivity contribution in [2.45, 2.75) is 25.3 Å². The van der Waals surface area contributed by atoms with Gasteiger partial charge in [0.2, 0.25) is 5.91 Å². The second kappa shape index (κ2) is 7.54. The van der Waals surface area contributed by atoms with Crippen molar-refractivity contribution in [2.24, 2.45) is 0 Å². The van der Waals surface area contributed by atoms with E-state index >= 15 is 0 Å². The number of nitrogens with one attached hydrogen (secondary N) is 1. The minimum Gasteiger partial charge on any atom is -0.399 e. The van der Waals surface area contributed by atoms with Crippen LogP contribution in [-0.4, -0.2) is 23.5 Å². The first kappa shape index (κ1) is 15.2. The fourth-order valence-electron chi connectivity index (χ4n) is 1.94. The number of nitrogen functional groups attached to an aromatic ring is 1. The molecule has 1 aromatic carbocycles. The summed E-state index contributed by atoms with van der Waals surface area (Å²) in [4.78, 5) is 11.8. The second-order valence-corrected chi connectivity index (χ2v) is 5.60. The van der Waals surface area contributed by atoms with Crippen LogP contribution in [0.4, 0.5) is 5.69 Å². The van der Waals surface area contributed by atoms with E-state index in [1.54, 1.807) is 0 Å². The van der Waals surface area contributed by atoms with Gasteiger partial charge in [-0.1, -0.05) is 12.1 Å². The van der Waals surface area contributed by atoms with Gasteiger partial charge in [0.25, 0.3) is 0 Å². The molecule has 1 heterocycles. The van der Waals surface area contributed by atoms with E-state index in [2.05, 4.69) is 5.32 Å². The number of anilines is 1. The van der Waals surface area contributed by atoms with Gasteiger partial charge in [0, 0.05) is 11.7 Å². The summed E-state index contributed by atoms with van der Waals surface area (Å²) < 4.78 is 0. The molecule has 0 bridgehead atoms. The SMILES string of the molecule is Cl.Nc1ccc(CC(=O)NC2CCSCC2)cc1. The molecule has 2 rings (SSSR count). The lowest BCUT2D eigenvalue weighted by Crippen LogP contribution is -2.38. The Balaban J connectivity index is 0.00000162. The zero-order valence-electron chi connectivity index (χ0n) is 10.2. The molecule has 0 saturated carbocycles. The maximum absolute atomic E-state index is 11.8. The summed E-state index contributed by atoms with van der Waals surface area (Å²) in [6.07, 6.45) is 2.64. The minimum absolute atomic E-state index is 0. The van der Waals surface area contributed by atoms with Gasteiger partial charge in [-0.2, -0.15) is 11.8 Å². The van der Waals surface area contributed by atoms with Gasteiger partial charge in [0.1, 0.15) is 0 Å². The molecule has 1 saturated heterocycles. The van der Waals surface area contributed by atoms with Crippen LogP contribution in [-0.2, 0) is 11.2 Å². The number of halogens is 1. The van der Waals surface area contributed by atoms with Crippen molar-refractivity contribution in [1.82, 2.24) is 5.32 Å². The van der Waals surface area contributed by atoms with E-state index in [9.17, 15) is 4.79 Å². The Hall–Kier alpha value is -0.870. The molecular weight excluding hydrogens is 268 g/mol. The van der Waals surface area contributed by atoms with E-state index in [4.69, 9.17) is 5.73 Å². The van der Waals surface area contributed by atoms with Crippen molar-refractivity contribution >= 4 is 35.8 Å². The molecule has 0 unspecified atom stereocenters. The van der Waals surface area contributed by atoms with Crippen LogP contribution in [0.3, 0.4) is 0 Å². The van der Waals surface area contributed by atoms with Crippen molar-refractivity contribution in [3.05, 3.63) is 29.8 Å². The number of hydrogen-bond donors (Lipinski definition) is 2. The highest BCUT2D eigenvalue weighted by Gasteiger charge is 2.15. The molecule has 1 fully saturated rings. The van der Waals surface area contributed by atoms with E-state index in [-0.39, 0.29) is 18.3 Å². The first-order chi connectivity index (χ1) is 8.24. The zero-order valence-corrected chi connectivity index (χ0v) is 11.9. The number of thioether (sulfide) groups is 1. The molecule has 0 aliphatic carbocycles. The summed E-state index contributed by atoms with van der Waals surface area (Å²) in [7, 11) is 0. The lowest BCUT2D eigenvalue weighted by atomic mass is 10.1. The fourth-order valence-corrected chi connectivity index (χ4v) is 3.05. The van der Waals surface area contributed by atoms with Crippen LogP contribution in [0.5, 0.6) is 0 Å². The van der Waals surface area contributed by atoms with Crippen molar-refractivity contribution < 1.29 is 4.79 Å². The number of hydrogen-bond acceptors (Lipinski definition) is 3. The average molecular weight is 287 g/mol. The summed E-state index contributed by atoms with van der Waals surface area (Å²) >= 11 is 1.97. The highest BCUT2D eigenvalue weighted by molar-refractivity contribution is 7.99. The fraction of sp³-hybridized carbons (Fsp3) is 0.462. The van der Waals surface area contributed by atoms with Crippen LogP contribution in [0.25, 0.3) is 0 Å². The van der Waals surface area contributed by atoms with Crippen LogP contribution < -0.4 is 11.1 Å². The van der Waals surface area contributed by atoms with Crippen LogP contribution in [0, 0.1) is 0 Å². The zero-order chi connectivity index (χ0) is 12.1. The van der Waals surface area contributed by atoms with Gasteiger partial charge in [-0.05, 0) is 42.0 Å². The third kappa shape index (κ3) is 4.78. The Morgan fingerprint density at radius 3 is 2.50 bits per heavy atom. The number of amides is 1. The van der Waals surface area contributed by atoms with Gasteiger partial charge in [-0.15, -0.1) is 12.4 Å². The lowest BCUT2D eigenvalue weighted by molar-refractivity contribution is -0.121. The van der Waals surface area contributed by atoms with Crippen LogP contribution in [0.1, 0.15) is 18.4 Å². The topological polar surface area (TPSA) is 55.1 Å². The highest BCUT2D eigenvalue weighted by Crippen LogP contribution is 2.17. The molecule has 100 valence electrons. The van der Waals surface area contributed by atoms with E-state index in [0.29, 0.717) is 12.5 Å². The van der Waals surface area contributed by atoms with Crippen molar-refractivity contribution in [1.29, 1.82) is 0 Å². The van der Waals surface area contributed by atoms with Crippen LogP contribution in [0.2, 0.25) is 0 Å². The number of benzene rings is 1. The summed E-state index contributed by atoms with van der Waals surface area (Å²) in [5, 5.41) is 3.10. The molecule has 0 aromatic heterocycles. The molecule has 5 heteroatoms. The Bertz CT molecular complexity index is 377. The maximum Gasteiger partial charge on any atom is 0.224 e. The number of nitrogens with two attached hydrogens (primary N) is 1. The molecule has 3 nitrogen and oxygen atoms in total. The number of carbonyl (C=O) groups excluding carboxylic acids is 1. The van der Waals surface area contributed by atoms with Gasteiger partial charge in [0.15, 0.2) is 0 Å². The van der Waals surface area contributed by atoms with Gasteiger partial charge in [-0.3, -0.25) is 4.79 Å². The molecule has 18 heavy (non-hydrogen) atoms. The molecule has 1 aliphatic heterocycles. The number of rotatable bonds is 3. The number of carbonyl (C=O) groups is 1. The van der Waals surface area contributed by atoms with Crippen molar-refractivity contribution in [3.63, 3.8) is 0 Å². The molecule has 1 aromatic rings. The van der Waals surface area contributed by atoms with Crippen molar-refractivity contribution in [3.8, 4) is 0 Å². The predicted octanol–water partition coefficient (Wildman–Crippen LogP) is 2.24. The predicted molar refractivity (Wildman–Crippen MR) is 80.3 cm³/mol. The monoisotopic (exact) mass is 286 g/mol. The van der Waals surface area contributed by atoms with E-state index in [0.717, 1.165) is 35.6 Å². The molecule has 3 N–H and O–H groups in total. The average Bonchev–Trinajstić information content (AvgIpc) is 2.33. The van der Waals surface area contributed by atoms with Crippen LogP contribution in [0.15, 0.2) is 24.3 Å². The summed E-state index contributed by atoms with van der Waals surface area (Å²) in [6.45, 7) is 0. The minimum atomic E-state index is 0. The molecule has 0 spiro atoms. The van der Waals surface area contributed by atoms with Gasteiger partial charge < -0.3 is 11.1 Å². The molecule has 0 atom stereocenters. The quantitative estimate of drug-likeness (QED) is 0.838. The van der Waals surface area contributed by atoms with Gasteiger partial charge >= 0.3 is 0 Å². The molecule has 0 radical (unpaired) electrons. The molecular formula is C13H19ClN2OS. The Labute approximate surface area is 118 Å². The summed E-state index contributed by atoms with van der Waals surface area (Å²) in [5.74, 6) is 2.44. The smallest absolute Gasteiger partial charge is 0.224 e. The second-order valence-electron chi connectivity index (χ2n) is 4.37. The first-order valence-electron chi connectivity index (χ1n) is 5.95. The van der Waals surface area contributed by atoms with Crippen molar-refractivity contribution in [2.75, 3.05) is 17.2 Å². The van der Waals surface area contributed by atoms with Gasteiger partial charge in [-0.25, -0.2) is 0 Å². The summed E-state index contributed by atoms with van der Waals surface area (Å²) in [5.41, 5.74) is 7.35.